The molecule has 0 radical (unpaired) electrons. The minimum absolute atomic E-state index is 0.0121. The number of aliphatic hydroxyl groups is 1. The first kappa shape index (κ1) is 45.4. The fraction of sp³-hybridized carbons (Fsp3) is 0.676. The predicted octanol–water partition coefficient (Wildman–Crippen LogP) is 2.77. The normalized spacial score (nSPS) is 11.7. The molecule has 0 bridgehead atoms. The van der Waals surface area contributed by atoms with Gasteiger partial charge in [0.05, 0.1) is 36.3 Å². The van der Waals surface area contributed by atoms with Gasteiger partial charge in [0.1, 0.15) is 13.2 Å². The highest BCUT2D eigenvalue weighted by atomic mass is 16.5. The van der Waals surface area contributed by atoms with Gasteiger partial charge in [-0.05, 0) is 64.5 Å². The van der Waals surface area contributed by atoms with Crippen LogP contribution in [-0.4, -0.2) is 153 Å². The number of carbonyl (C=O) groups excluding carboxylic acids is 2. The third-order valence-electron chi connectivity index (χ3n) is 8.31. The van der Waals surface area contributed by atoms with Crippen LogP contribution in [0.25, 0.3) is 0 Å². The summed E-state index contributed by atoms with van der Waals surface area (Å²) in [4.78, 5) is 65.9. The Kier molecular flexibility index (Phi) is 21.9. The number of hydrogen-bond acceptors (Lipinski definition) is 12. The van der Waals surface area contributed by atoms with Crippen LogP contribution in [0.2, 0.25) is 0 Å². The summed E-state index contributed by atoms with van der Waals surface area (Å²) >= 11 is 0. The second-order valence-corrected chi connectivity index (χ2v) is 11.1. The second-order valence-electron chi connectivity index (χ2n) is 11.1. The van der Waals surface area contributed by atoms with Crippen molar-refractivity contribution in [2.75, 3.05) is 65.6 Å². The fourth-order valence-corrected chi connectivity index (χ4v) is 5.47. The van der Waals surface area contributed by atoms with E-state index >= 15 is 0 Å². The Balaban J connectivity index is 0.00000149. The van der Waals surface area contributed by atoms with Crippen molar-refractivity contribution in [3.63, 3.8) is 0 Å². The number of carbonyl (C=O) groups is 5. The van der Waals surface area contributed by atoms with Gasteiger partial charge in [0.2, 0.25) is 0 Å². The summed E-state index contributed by atoms with van der Waals surface area (Å²) in [5, 5.41) is 33.8. The maximum Gasteiger partial charge on any atom is 0.339 e. The van der Waals surface area contributed by atoms with E-state index in [1.165, 1.54) is 0 Å². The van der Waals surface area contributed by atoms with Gasteiger partial charge in [0, 0.05) is 0 Å². The molecular formula is C34H58N4O11. The summed E-state index contributed by atoms with van der Waals surface area (Å²) in [5.41, 5.74) is -2.26. The van der Waals surface area contributed by atoms with Crippen molar-refractivity contribution >= 4 is 29.8 Å². The van der Waals surface area contributed by atoms with Gasteiger partial charge in [-0.15, -0.1) is 0 Å². The van der Waals surface area contributed by atoms with E-state index < -0.39 is 48.3 Å². The number of carboxylic acid groups (broad SMARTS) is 3. The van der Waals surface area contributed by atoms with Gasteiger partial charge in [-0.1, -0.05) is 67.5 Å². The van der Waals surface area contributed by atoms with Gasteiger partial charge >= 0.3 is 29.8 Å². The fourth-order valence-electron chi connectivity index (χ4n) is 5.47. The summed E-state index contributed by atoms with van der Waals surface area (Å²) in [6, 6.07) is 6.76. The first-order valence-corrected chi connectivity index (χ1v) is 16.9. The highest BCUT2D eigenvalue weighted by Gasteiger charge is 2.40. The highest BCUT2D eigenvalue weighted by Crippen LogP contribution is 2.17. The predicted molar refractivity (Wildman–Crippen MR) is 183 cm³/mol. The van der Waals surface area contributed by atoms with Crippen LogP contribution in [0.5, 0.6) is 0 Å². The van der Waals surface area contributed by atoms with Crippen LogP contribution < -0.4 is 0 Å². The molecule has 0 amide bonds. The zero-order chi connectivity index (χ0) is 37.7. The molecule has 0 spiro atoms. The largest absolute Gasteiger partial charge is 0.481 e. The smallest absolute Gasteiger partial charge is 0.339 e. The Morgan fingerprint density at radius 2 is 0.837 bits per heavy atom. The van der Waals surface area contributed by atoms with Crippen molar-refractivity contribution in [1.29, 1.82) is 0 Å². The van der Waals surface area contributed by atoms with E-state index in [0.717, 1.165) is 52.4 Å². The Morgan fingerprint density at radius 3 is 1.04 bits per heavy atom. The van der Waals surface area contributed by atoms with Crippen molar-refractivity contribution in [3.05, 3.63) is 35.4 Å². The maximum absolute atomic E-state index is 13.1. The number of carboxylic acids is 3. The number of likely N-dealkylation sites (N-methyl/N-ethyl adjacent to an activating group) is 4. The molecule has 4 N–H and O–H groups in total. The van der Waals surface area contributed by atoms with E-state index in [-0.39, 0.29) is 36.7 Å². The average Bonchev–Trinajstić information content (AvgIpc) is 3.06. The summed E-state index contributed by atoms with van der Waals surface area (Å²) in [7, 11) is 0. The first-order chi connectivity index (χ1) is 23.1. The van der Waals surface area contributed by atoms with Crippen molar-refractivity contribution in [2.24, 2.45) is 0 Å². The maximum atomic E-state index is 13.1. The summed E-state index contributed by atoms with van der Waals surface area (Å²) in [6.07, 6.45) is -2.31. The third kappa shape index (κ3) is 14.8. The molecule has 1 rings (SSSR count). The van der Waals surface area contributed by atoms with Crippen LogP contribution >= 0.6 is 0 Å². The quantitative estimate of drug-likeness (QED) is 0.0961. The molecule has 0 heterocycles. The summed E-state index contributed by atoms with van der Waals surface area (Å²) < 4.78 is 11.6. The van der Waals surface area contributed by atoms with E-state index in [1.807, 2.05) is 0 Å². The number of ether oxygens (including phenoxy) is 2. The Morgan fingerprint density at radius 1 is 0.571 bits per heavy atom. The molecule has 280 valence electrons. The van der Waals surface area contributed by atoms with Gasteiger partial charge in [0.15, 0.2) is 5.60 Å². The summed E-state index contributed by atoms with van der Waals surface area (Å²) in [6.45, 7) is 24.2. The van der Waals surface area contributed by atoms with E-state index in [9.17, 15) is 24.0 Å². The van der Waals surface area contributed by atoms with E-state index in [0.29, 0.717) is 0 Å². The first-order valence-electron chi connectivity index (χ1n) is 16.9. The molecule has 49 heavy (non-hydrogen) atoms. The van der Waals surface area contributed by atoms with Gasteiger partial charge in [-0.3, -0.25) is 29.2 Å². The molecule has 1 aromatic rings. The van der Waals surface area contributed by atoms with Crippen molar-refractivity contribution in [2.45, 2.75) is 86.2 Å². The molecule has 0 aliphatic rings. The van der Waals surface area contributed by atoms with Crippen molar-refractivity contribution in [3.8, 4) is 0 Å². The number of benzene rings is 1. The molecule has 0 fully saturated rings. The van der Waals surface area contributed by atoms with Crippen LogP contribution in [0, 0.1) is 0 Å². The van der Waals surface area contributed by atoms with Gasteiger partial charge in [-0.2, -0.15) is 0 Å². The Hall–Kier alpha value is -3.63. The molecule has 0 unspecified atom stereocenters. The number of hydrogen-bond donors (Lipinski definition) is 4. The van der Waals surface area contributed by atoms with E-state index in [4.69, 9.17) is 29.9 Å². The molecule has 1 aromatic carbocycles. The van der Waals surface area contributed by atoms with Crippen LogP contribution in [-0.2, 0) is 23.9 Å². The number of rotatable bonds is 23. The lowest BCUT2D eigenvalue weighted by atomic mass is 9.96. The Bertz CT molecular complexity index is 1060. The minimum atomic E-state index is -2.74. The monoisotopic (exact) mass is 698 g/mol. The minimum Gasteiger partial charge on any atom is -0.481 e. The lowest BCUT2D eigenvalue weighted by molar-refractivity contribution is -0.170. The average molecular weight is 699 g/mol. The summed E-state index contributed by atoms with van der Waals surface area (Å²) in [5.74, 6) is -6.03. The van der Waals surface area contributed by atoms with Crippen LogP contribution in [0.15, 0.2) is 24.3 Å². The molecule has 15 nitrogen and oxygen atoms in total. The zero-order valence-corrected chi connectivity index (χ0v) is 30.4. The highest BCUT2D eigenvalue weighted by molar-refractivity contribution is 6.03. The third-order valence-corrected chi connectivity index (χ3v) is 8.31. The van der Waals surface area contributed by atoms with Crippen molar-refractivity contribution < 1.29 is 53.9 Å². The van der Waals surface area contributed by atoms with Crippen LogP contribution in [0.3, 0.4) is 0 Å². The van der Waals surface area contributed by atoms with Crippen LogP contribution in [0.4, 0.5) is 0 Å². The molecule has 0 aromatic heterocycles. The second kappa shape index (κ2) is 23.7. The topological polar surface area (TPSA) is 198 Å². The molecule has 0 atom stereocenters. The number of aliphatic carboxylic acids is 3. The zero-order valence-electron chi connectivity index (χ0n) is 30.4. The molecule has 0 saturated carbocycles. The lowest BCUT2D eigenvalue weighted by Gasteiger charge is -2.37. The Labute approximate surface area is 290 Å². The van der Waals surface area contributed by atoms with E-state index in [1.54, 1.807) is 24.3 Å². The van der Waals surface area contributed by atoms with Crippen LogP contribution in [0.1, 0.15) is 88.9 Å². The lowest BCUT2D eigenvalue weighted by Crippen LogP contribution is -2.51. The van der Waals surface area contributed by atoms with Crippen molar-refractivity contribution in [1.82, 2.24) is 19.6 Å². The standard InChI is InChI=1S/C28H50N4O4.C6H8O7/c1-9-29(10-2)25(30(11-3)12-4)21-35-27(33)23-19-17-18-20-24(23)28(34)36-22-26(31(13-5)14-6)32(15-7)16-8;7-3(8)1-6(13,5(11)12)2-4(9)10/h17-20,25-26H,9-16,21-22H2,1-8H3;13H,1-2H2,(H,7,8)(H,9,10)(H,11,12). The number of nitrogens with zero attached hydrogens (tertiary/aromatic N) is 4. The molecular weight excluding hydrogens is 640 g/mol. The van der Waals surface area contributed by atoms with Gasteiger partial charge in [0.25, 0.3) is 0 Å². The molecule has 15 heteroatoms. The van der Waals surface area contributed by atoms with E-state index in [2.05, 4.69) is 75.0 Å². The molecule has 0 saturated heterocycles. The molecule has 0 aliphatic carbocycles. The molecule has 0 aliphatic heterocycles. The number of esters is 2. The van der Waals surface area contributed by atoms with Gasteiger partial charge in [-0.25, -0.2) is 14.4 Å². The SMILES string of the molecule is CCN(CC)C(COC(=O)c1ccccc1C(=O)OCC(N(CC)CC)N(CC)CC)N(CC)CC.O=C(O)CC(O)(CC(=O)O)C(=O)O. The van der Waals surface area contributed by atoms with Gasteiger partial charge < -0.3 is 29.9 Å².